The molecule has 0 atom stereocenters. The fourth-order valence-corrected chi connectivity index (χ4v) is 8.05. The normalized spacial score (nSPS) is 13.6. The van der Waals surface area contributed by atoms with Crippen LogP contribution in [0.2, 0.25) is 0 Å². The summed E-state index contributed by atoms with van der Waals surface area (Å²) in [6.45, 7) is 3.98. The number of carboxylic acids is 1. The zero-order chi connectivity index (χ0) is 42.3. The predicted octanol–water partition coefficient (Wildman–Crippen LogP) is 6.66. The van der Waals surface area contributed by atoms with Gasteiger partial charge in [0.25, 0.3) is 0 Å². The van der Waals surface area contributed by atoms with Crippen LogP contribution in [0.1, 0.15) is 51.8 Å². The number of aliphatic carboxylic acids is 1. The van der Waals surface area contributed by atoms with Gasteiger partial charge in [-0.1, -0.05) is 30.3 Å². The number of amides is 1. The first-order valence-electron chi connectivity index (χ1n) is 20.5. The monoisotopic (exact) mass is 815 g/mol. The van der Waals surface area contributed by atoms with Crippen LogP contribution in [-0.4, -0.2) is 102 Å². The summed E-state index contributed by atoms with van der Waals surface area (Å²) in [5, 5.41) is 8.81. The van der Waals surface area contributed by atoms with E-state index < -0.39 is 5.97 Å². The highest BCUT2D eigenvalue weighted by atomic mass is 16.5. The molecular weight excluding hydrogens is 759 g/mol. The first-order valence-corrected chi connectivity index (χ1v) is 20.5. The molecule has 1 amide bonds. The molecule has 4 heterocycles. The van der Waals surface area contributed by atoms with Gasteiger partial charge in [-0.2, -0.15) is 0 Å². The predicted molar refractivity (Wildman–Crippen MR) is 231 cm³/mol. The molecule has 0 fully saturated rings. The number of nitrogens with zero attached hydrogens (tertiary/aromatic N) is 5. The molecule has 0 saturated carbocycles. The van der Waals surface area contributed by atoms with Crippen molar-refractivity contribution >= 4 is 11.9 Å². The Morgan fingerprint density at radius 2 is 1.05 bits per heavy atom. The molecule has 0 radical (unpaired) electrons. The van der Waals surface area contributed by atoms with E-state index in [-0.39, 0.29) is 18.5 Å². The van der Waals surface area contributed by atoms with Crippen LogP contribution < -0.4 is 18.9 Å². The number of methoxy groups -OCH3 is 4. The molecular formula is C48H57N5O7. The van der Waals surface area contributed by atoms with Crippen molar-refractivity contribution in [1.82, 2.24) is 24.7 Å². The molecule has 3 aromatic carbocycles. The molecule has 0 bridgehead atoms. The van der Waals surface area contributed by atoms with E-state index >= 15 is 0 Å². The van der Waals surface area contributed by atoms with Gasteiger partial charge < -0.3 is 29.0 Å². The molecule has 316 valence electrons. The zero-order valence-corrected chi connectivity index (χ0v) is 35.2. The van der Waals surface area contributed by atoms with E-state index in [0.29, 0.717) is 31.9 Å². The Morgan fingerprint density at radius 1 is 0.617 bits per heavy atom. The lowest BCUT2D eigenvalue weighted by atomic mass is 9.97. The second kappa shape index (κ2) is 21.9. The lowest BCUT2D eigenvalue weighted by Gasteiger charge is -2.36. The van der Waals surface area contributed by atoms with Crippen molar-refractivity contribution in [2.24, 2.45) is 0 Å². The minimum absolute atomic E-state index is 0.0772. The summed E-state index contributed by atoms with van der Waals surface area (Å²) < 4.78 is 21.6. The van der Waals surface area contributed by atoms with Crippen LogP contribution in [0.15, 0.2) is 104 Å². The maximum atomic E-state index is 14.2. The van der Waals surface area contributed by atoms with E-state index in [1.54, 1.807) is 28.4 Å². The highest BCUT2D eigenvalue weighted by molar-refractivity contribution is 5.78. The number of fused-ring (bicyclic) bond motifs is 2. The van der Waals surface area contributed by atoms with Crippen LogP contribution in [-0.2, 0) is 54.9 Å². The topological polar surface area (TPSA) is 127 Å². The Hall–Kier alpha value is -5.98. The number of carbonyl (C=O) groups excluding carboxylic acids is 1. The van der Waals surface area contributed by atoms with E-state index in [9.17, 15) is 9.59 Å². The van der Waals surface area contributed by atoms with Crippen LogP contribution in [0, 0.1) is 0 Å². The summed E-state index contributed by atoms with van der Waals surface area (Å²) >= 11 is 0. The third-order valence-electron chi connectivity index (χ3n) is 11.3. The zero-order valence-electron chi connectivity index (χ0n) is 35.2. The molecule has 0 spiro atoms. The lowest BCUT2D eigenvalue weighted by molar-refractivity contribution is -0.138. The molecule has 12 nitrogen and oxygen atoms in total. The van der Waals surface area contributed by atoms with Crippen LogP contribution in [0.25, 0.3) is 0 Å². The number of hydrogen-bond acceptors (Lipinski definition) is 10. The molecule has 0 saturated heterocycles. The summed E-state index contributed by atoms with van der Waals surface area (Å²) in [5.41, 5.74) is 8.38. The fraction of sp³-hybridized carbons (Fsp3) is 0.375. The third-order valence-corrected chi connectivity index (χ3v) is 11.3. The summed E-state index contributed by atoms with van der Waals surface area (Å²) in [4.78, 5) is 39.6. The van der Waals surface area contributed by atoms with E-state index in [2.05, 4.69) is 68.3 Å². The van der Waals surface area contributed by atoms with Crippen molar-refractivity contribution in [3.63, 3.8) is 0 Å². The molecule has 1 N–H and O–H groups in total. The van der Waals surface area contributed by atoms with Crippen LogP contribution in [0.4, 0.5) is 0 Å². The van der Waals surface area contributed by atoms with E-state index in [1.165, 1.54) is 27.8 Å². The molecule has 5 aromatic rings. The first-order chi connectivity index (χ1) is 29.3. The van der Waals surface area contributed by atoms with Gasteiger partial charge in [-0.3, -0.25) is 29.4 Å². The van der Waals surface area contributed by atoms with Crippen LogP contribution in [0.3, 0.4) is 0 Å². The standard InChI is InChI=1S/C35H40N4O3.C13H17NO4/c1-41-33-22-30-16-21-38(25-31(30)23-34(33)42-2)26-35(40)39(24-29-6-4-3-5-7-29)32(10-8-27-12-17-36-18-13-27)11-9-28-14-19-37-20-15-28;1-17-11-5-9-3-4-14(8-13(15)16)7-10(9)6-12(11)18-2/h3-7,12-15,17-20,22-23,32H,8-11,16,21,24-26H2,1-2H3;5-6H,3-4,7-8H2,1-2H3,(H,15,16). The Bertz CT molecular complexity index is 2090. The maximum Gasteiger partial charge on any atom is 0.317 e. The number of rotatable bonds is 17. The SMILES string of the molecule is COc1cc2c(cc1OC)CN(CC(=O)N(Cc1ccccc1)C(CCc1ccncc1)CCc1ccncc1)CC2.COc1cc2c(cc1OC)CN(CC(=O)O)CC2. The number of carbonyl (C=O) groups is 2. The minimum atomic E-state index is -0.793. The van der Waals surface area contributed by atoms with E-state index in [0.717, 1.165) is 80.0 Å². The van der Waals surface area contributed by atoms with Gasteiger partial charge in [-0.25, -0.2) is 0 Å². The lowest BCUT2D eigenvalue weighted by Crippen LogP contribution is -2.46. The first kappa shape index (κ1) is 43.6. The van der Waals surface area contributed by atoms with Gasteiger partial charge in [0.15, 0.2) is 23.0 Å². The number of aromatic nitrogens is 2. The van der Waals surface area contributed by atoms with Crippen molar-refractivity contribution < 1.29 is 33.6 Å². The Labute approximate surface area is 353 Å². The van der Waals surface area contributed by atoms with E-state index in [4.69, 9.17) is 24.1 Å². The molecule has 2 aliphatic rings. The van der Waals surface area contributed by atoms with Gasteiger partial charge in [0.1, 0.15) is 0 Å². The summed E-state index contributed by atoms with van der Waals surface area (Å²) in [7, 11) is 6.54. The third kappa shape index (κ3) is 12.0. The van der Waals surface area contributed by atoms with Gasteiger partial charge >= 0.3 is 5.97 Å². The van der Waals surface area contributed by atoms with Gasteiger partial charge in [-0.15, -0.1) is 0 Å². The number of ether oxygens (including phenoxy) is 4. The summed E-state index contributed by atoms with van der Waals surface area (Å²) in [5.74, 6) is 2.26. The number of pyridine rings is 2. The van der Waals surface area contributed by atoms with Gasteiger partial charge in [0.05, 0.1) is 41.5 Å². The minimum Gasteiger partial charge on any atom is -0.493 e. The summed E-state index contributed by atoms with van der Waals surface area (Å²) in [6.07, 6.45) is 12.6. The van der Waals surface area contributed by atoms with Crippen LogP contribution in [0.5, 0.6) is 23.0 Å². The average molecular weight is 816 g/mol. The maximum absolute atomic E-state index is 14.2. The number of hydrogen-bond donors (Lipinski definition) is 1. The quantitative estimate of drug-likeness (QED) is 0.108. The van der Waals surface area contributed by atoms with Gasteiger partial charge in [0.2, 0.25) is 5.91 Å². The molecule has 0 unspecified atom stereocenters. The van der Waals surface area contributed by atoms with Crippen molar-refractivity contribution in [3.8, 4) is 23.0 Å². The second-order valence-corrected chi connectivity index (χ2v) is 15.2. The molecule has 0 aliphatic carbocycles. The van der Waals surface area contributed by atoms with Crippen molar-refractivity contribution in [2.75, 3.05) is 54.6 Å². The Balaban J connectivity index is 0.000000279. The fourth-order valence-electron chi connectivity index (χ4n) is 8.05. The van der Waals surface area contributed by atoms with Crippen molar-refractivity contribution in [3.05, 3.63) is 143 Å². The second-order valence-electron chi connectivity index (χ2n) is 15.2. The smallest absolute Gasteiger partial charge is 0.317 e. The molecule has 2 aromatic heterocycles. The van der Waals surface area contributed by atoms with Crippen LogP contribution >= 0.6 is 0 Å². The molecule has 60 heavy (non-hydrogen) atoms. The highest BCUT2D eigenvalue weighted by Gasteiger charge is 2.28. The number of carboxylic acid groups (broad SMARTS) is 1. The van der Waals surface area contributed by atoms with E-state index in [1.807, 2.05) is 60.0 Å². The van der Waals surface area contributed by atoms with Gasteiger partial charge in [-0.05, 0) is 126 Å². The van der Waals surface area contributed by atoms with Crippen molar-refractivity contribution in [2.45, 2.75) is 64.2 Å². The number of aryl methyl sites for hydroxylation is 2. The molecule has 2 aliphatic heterocycles. The largest absolute Gasteiger partial charge is 0.493 e. The Kier molecular flexibility index (Phi) is 15.9. The highest BCUT2D eigenvalue weighted by Crippen LogP contribution is 2.34. The van der Waals surface area contributed by atoms with Gasteiger partial charge in [0, 0.05) is 63.6 Å². The Morgan fingerprint density at radius 3 is 1.48 bits per heavy atom. The number of benzene rings is 3. The average Bonchev–Trinajstić information content (AvgIpc) is 3.28. The van der Waals surface area contributed by atoms with Crippen molar-refractivity contribution in [1.29, 1.82) is 0 Å². The molecule has 12 heteroatoms. The summed E-state index contributed by atoms with van der Waals surface area (Å²) in [6, 6.07) is 26.7. The molecule has 7 rings (SSSR count).